The van der Waals surface area contributed by atoms with E-state index in [2.05, 4.69) is 23.9 Å². The Morgan fingerprint density at radius 2 is 1.53 bits per heavy atom. The first-order valence-electron chi connectivity index (χ1n) is 5.93. The molecule has 19 heavy (non-hydrogen) atoms. The van der Waals surface area contributed by atoms with E-state index in [9.17, 15) is 13.0 Å². The van der Waals surface area contributed by atoms with Crippen LogP contribution < -0.4 is 4.57 Å². The number of benzene rings is 1. The average molecular weight is 279 g/mol. The second kappa shape index (κ2) is 7.66. The Balaban J connectivity index is 0.000000200. The minimum Gasteiger partial charge on any atom is -0.748 e. The van der Waals surface area contributed by atoms with Gasteiger partial charge in [-0.15, -0.1) is 0 Å². The van der Waals surface area contributed by atoms with E-state index in [1.54, 1.807) is 30.3 Å². The van der Waals surface area contributed by atoms with Crippen LogP contribution in [-0.2, 0) is 22.4 Å². The summed E-state index contributed by atoms with van der Waals surface area (Å²) >= 11 is 0. The van der Waals surface area contributed by atoms with Crippen molar-refractivity contribution in [2.75, 3.05) is 0 Å². The molecule has 1 aromatic carbocycles. The van der Waals surface area contributed by atoms with Crippen LogP contribution in [-0.4, -0.2) is 13.0 Å². The molecule has 0 amide bonds. The molecule has 2 rings (SSSR count). The predicted octanol–water partition coefficient (Wildman–Crippen LogP) is 1.73. The zero-order valence-electron chi connectivity index (χ0n) is 10.8. The average Bonchev–Trinajstić information content (AvgIpc) is 2.40. The van der Waals surface area contributed by atoms with Gasteiger partial charge in [0.25, 0.3) is 0 Å². The quantitative estimate of drug-likeness (QED) is 0.635. The highest BCUT2D eigenvalue weighted by Gasteiger charge is 1.95. The van der Waals surface area contributed by atoms with Gasteiger partial charge < -0.3 is 4.55 Å². The van der Waals surface area contributed by atoms with Gasteiger partial charge in [0.1, 0.15) is 6.54 Å². The SMILES string of the molecule is CC[n+]1ccccc1.O=S(=O)([O-])Cc1ccccc1. The van der Waals surface area contributed by atoms with Crippen molar-refractivity contribution in [2.24, 2.45) is 0 Å². The van der Waals surface area contributed by atoms with E-state index in [0.717, 1.165) is 6.54 Å². The molecular weight excluding hydrogens is 262 g/mol. The van der Waals surface area contributed by atoms with Crippen LogP contribution in [0.2, 0.25) is 0 Å². The number of hydrogen-bond donors (Lipinski definition) is 0. The molecule has 2 aromatic rings. The Bertz CT molecular complexity index is 568. The van der Waals surface area contributed by atoms with E-state index in [1.165, 1.54) is 0 Å². The van der Waals surface area contributed by atoms with Gasteiger partial charge in [-0.3, -0.25) is 0 Å². The van der Waals surface area contributed by atoms with Gasteiger partial charge in [-0.2, -0.15) is 0 Å². The van der Waals surface area contributed by atoms with Crippen LogP contribution in [0.3, 0.4) is 0 Å². The summed E-state index contributed by atoms with van der Waals surface area (Å²) in [7, 11) is -4.13. The Morgan fingerprint density at radius 3 is 1.95 bits per heavy atom. The van der Waals surface area contributed by atoms with Gasteiger partial charge in [0.05, 0.1) is 15.9 Å². The number of pyridine rings is 1. The number of rotatable bonds is 3. The van der Waals surface area contributed by atoms with E-state index in [1.807, 2.05) is 18.2 Å². The molecule has 1 aromatic heterocycles. The number of nitrogens with zero attached hydrogens (tertiary/aromatic N) is 1. The molecule has 0 N–H and O–H groups in total. The summed E-state index contributed by atoms with van der Waals surface area (Å²) in [5.41, 5.74) is 0.530. The van der Waals surface area contributed by atoms with Crippen LogP contribution >= 0.6 is 0 Å². The summed E-state index contributed by atoms with van der Waals surface area (Å²) in [6, 6.07) is 14.5. The van der Waals surface area contributed by atoms with Gasteiger partial charge in [-0.25, -0.2) is 13.0 Å². The van der Waals surface area contributed by atoms with Gasteiger partial charge in [-0.05, 0) is 12.5 Å². The highest BCUT2D eigenvalue weighted by atomic mass is 32.2. The van der Waals surface area contributed by atoms with Crippen LogP contribution in [0, 0.1) is 0 Å². The van der Waals surface area contributed by atoms with Gasteiger partial charge in [-0.1, -0.05) is 36.4 Å². The van der Waals surface area contributed by atoms with Gasteiger partial charge >= 0.3 is 0 Å². The minimum absolute atomic E-state index is 0.423. The molecule has 4 nitrogen and oxygen atoms in total. The van der Waals surface area contributed by atoms with Gasteiger partial charge in [0, 0.05) is 12.1 Å². The molecule has 0 bridgehead atoms. The molecule has 0 aliphatic heterocycles. The second-order valence-corrected chi connectivity index (χ2v) is 5.30. The number of aromatic nitrogens is 1. The Hall–Kier alpha value is -1.72. The first kappa shape index (κ1) is 15.3. The topological polar surface area (TPSA) is 61.1 Å². The molecule has 0 aliphatic rings. The van der Waals surface area contributed by atoms with Crippen molar-refractivity contribution in [2.45, 2.75) is 19.2 Å². The second-order valence-electron chi connectivity index (χ2n) is 3.89. The van der Waals surface area contributed by atoms with Gasteiger partial charge in [0.2, 0.25) is 0 Å². The van der Waals surface area contributed by atoms with Crippen molar-refractivity contribution in [3.63, 3.8) is 0 Å². The summed E-state index contributed by atoms with van der Waals surface area (Å²) in [6.45, 7) is 3.18. The smallest absolute Gasteiger partial charge is 0.168 e. The largest absolute Gasteiger partial charge is 0.748 e. The lowest BCUT2D eigenvalue weighted by Gasteiger charge is -2.05. The van der Waals surface area contributed by atoms with Crippen LogP contribution in [0.1, 0.15) is 12.5 Å². The van der Waals surface area contributed by atoms with Crippen molar-refractivity contribution in [1.29, 1.82) is 0 Å². The molecule has 0 unspecified atom stereocenters. The minimum atomic E-state index is -4.13. The van der Waals surface area contributed by atoms with Crippen molar-refractivity contribution < 1.29 is 17.5 Å². The Kier molecular flexibility index (Phi) is 6.18. The first-order valence-corrected chi connectivity index (χ1v) is 7.50. The van der Waals surface area contributed by atoms with Crippen LogP contribution in [0.15, 0.2) is 60.9 Å². The summed E-state index contributed by atoms with van der Waals surface area (Å²) < 4.78 is 32.9. The van der Waals surface area contributed by atoms with Crippen molar-refractivity contribution >= 4 is 10.1 Å². The van der Waals surface area contributed by atoms with Crippen LogP contribution in [0.4, 0.5) is 0 Å². The molecule has 0 atom stereocenters. The molecular formula is C14H17NO3S. The monoisotopic (exact) mass is 279 g/mol. The third-order valence-corrected chi connectivity index (χ3v) is 3.02. The number of aryl methyl sites for hydroxylation is 1. The molecule has 5 heteroatoms. The van der Waals surface area contributed by atoms with E-state index >= 15 is 0 Å². The highest BCUT2D eigenvalue weighted by Crippen LogP contribution is 2.02. The lowest BCUT2D eigenvalue weighted by atomic mass is 10.2. The van der Waals surface area contributed by atoms with Crippen molar-refractivity contribution in [1.82, 2.24) is 0 Å². The maximum absolute atomic E-state index is 10.2. The summed E-state index contributed by atoms with van der Waals surface area (Å²) in [5.74, 6) is -0.423. The normalized spacial score (nSPS) is 10.4. The van der Waals surface area contributed by atoms with E-state index in [4.69, 9.17) is 0 Å². The zero-order chi connectivity index (χ0) is 14.1. The molecule has 0 radical (unpaired) electrons. The predicted molar refractivity (Wildman–Crippen MR) is 72.2 cm³/mol. The van der Waals surface area contributed by atoms with Crippen molar-refractivity contribution in [3.8, 4) is 0 Å². The standard InChI is InChI=1S/C7H10N.C7H8O3S/c1-2-8-6-4-3-5-7-8;8-11(9,10)6-7-4-2-1-3-5-7/h3-7H,2H2,1H3;1-5H,6H2,(H,8,9,10)/q+1;/p-1. The summed E-state index contributed by atoms with van der Waals surface area (Å²) in [4.78, 5) is 0. The summed E-state index contributed by atoms with van der Waals surface area (Å²) in [6.07, 6.45) is 4.11. The maximum Gasteiger partial charge on any atom is 0.168 e. The maximum atomic E-state index is 10.2. The Morgan fingerprint density at radius 1 is 1.00 bits per heavy atom. The van der Waals surface area contributed by atoms with Crippen LogP contribution in [0.25, 0.3) is 0 Å². The zero-order valence-corrected chi connectivity index (χ0v) is 11.6. The van der Waals surface area contributed by atoms with E-state index in [-0.39, 0.29) is 0 Å². The molecule has 0 saturated heterocycles. The fourth-order valence-corrected chi connectivity index (χ4v) is 2.02. The molecule has 0 spiro atoms. The third-order valence-electron chi connectivity index (χ3n) is 2.33. The lowest BCUT2D eigenvalue weighted by molar-refractivity contribution is -0.693. The van der Waals surface area contributed by atoms with E-state index < -0.39 is 15.9 Å². The molecule has 0 saturated carbocycles. The molecule has 1 heterocycles. The molecule has 0 fully saturated rings. The number of hydrogen-bond acceptors (Lipinski definition) is 3. The fourth-order valence-electron chi connectivity index (χ4n) is 1.42. The first-order chi connectivity index (χ1) is 9.01. The van der Waals surface area contributed by atoms with Crippen molar-refractivity contribution in [3.05, 3.63) is 66.5 Å². The molecule has 102 valence electrons. The lowest BCUT2D eigenvalue weighted by Crippen LogP contribution is -2.30. The van der Waals surface area contributed by atoms with Crippen LogP contribution in [0.5, 0.6) is 0 Å². The molecule has 0 aliphatic carbocycles. The van der Waals surface area contributed by atoms with Gasteiger partial charge in [0.15, 0.2) is 12.4 Å². The highest BCUT2D eigenvalue weighted by molar-refractivity contribution is 7.84. The third kappa shape index (κ3) is 7.33. The summed E-state index contributed by atoms with van der Waals surface area (Å²) in [5, 5.41) is 0. The van der Waals surface area contributed by atoms with E-state index in [0.29, 0.717) is 5.56 Å². The fraction of sp³-hybridized carbons (Fsp3) is 0.214. The Labute approximate surface area is 114 Å².